The van der Waals surface area contributed by atoms with Crippen molar-refractivity contribution in [1.29, 1.82) is 0 Å². The molecule has 168 valence electrons. The Morgan fingerprint density at radius 1 is 0.906 bits per heavy atom. The van der Waals surface area contributed by atoms with E-state index in [0.717, 1.165) is 16.7 Å². The Balaban J connectivity index is 1.96. The summed E-state index contributed by atoms with van der Waals surface area (Å²) in [6.07, 6.45) is 0. The number of aryl methyl sites for hydroxylation is 4. The van der Waals surface area contributed by atoms with Crippen molar-refractivity contribution >= 4 is 33.2 Å². The van der Waals surface area contributed by atoms with Crippen LogP contribution in [-0.4, -0.2) is 25.2 Å². The van der Waals surface area contributed by atoms with E-state index >= 15 is 0 Å². The second kappa shape index (κ2) is 9.86. The first-order valence-electron chi connectivity index (χ1n) is 10.3. The third-order valence-electron chi connectivity index (χ3n) is 5.11. The topological polar surface area (TPSA) is 66.5 Å². The molecule has 5 nitrogen and oxygen atoms in total. The molecule has 0 spiro atoms. The van der Waals surface area contributed by atoms with Crippen LogP contribution in [0, 0.1) is 27.7 Å². The SMILES string of the molecule is Cc1ccc(CN(CC(=O)Nc2cccc(Cl)c2)S(=O)(=O)c2c(C)cc(C)cc2C)cc1. The maximum absolute atomic E-state index is 13.7. The number of nitrogens with zero attached hydrogens (tertiary/aromatic N) is 1. The summed E-state index contributed by atoms with van der Waals surface area (Å²) in [6, 6.07) is 18.0. The van der Waals surface area contributed by atoms with Gasteiger partial charge >= 0.3 is 0 Å². The van der Waals surface area contributed by atoms with Crippen molar-refractivity contribution in [3.8, 4) is 0 Å². The molecule has 0 aromatic heterocycles. The smallest absolute Gasteiger partial charge is 0.244 e. The Hall–Kier alpha value is -2.67. The zero-order valence-corrected chi connectivity index (χ0v) is 20.2. The van der Waals surface area contributed by atoms with Gasteiger partial charge in [-0.1, -0.05) is 65.2 Å². The lowest BCUT2D eigenvalue weighted by Gasteiger charge is -2.24. The number of anilines is 1. The van der Waals surface area contributed by atoms with E-state index in [2.05, 4.69) is 5.32 Å². The Kier molecular flexibility index (Phi) is 7.39. The number of hydrogen-bond donors (Lipinski definition) is 1. The first-order chi connectivity index (χ1) is 15.1. The van der Waals surface area contributed by atoms with Gasteiger partial charge in [0, 0.05) is 17.3 Å². The van der Waals surface area contributed by atoms with Crippen LogP contribution in [0.1, 0.15) is 27.8 Å². The van der Waals surface area contributed by atoms with E-state index < -0.39 is 15.9 Å². The molecule has 0 aliphatic carbocycles. The van der Waals surface area contributed by atoms with Crippen molar-refractivity contribution in [3.63, 3.8) is 0 Å². The molecule has 0 saturated carbocycles. The summed E-state index contributed by atoms with van der Waals surface area (Å²) >= 11 is 6.00. The molecule has 0 unspecified atom stereocenters. The van der Waals surface area contributed by atoms with Crippen LogP contribution in [0.4, 0.5) is 5.69 Å². The van der Waals surface area contributed by atoms with E-state index in [1.165, 1.54) is 4.31 Å². The van der Waals surface area contributed by atoms with Gasteiger partial charge in [-0.15, -0.1) is 0 Å². The lowest BCUT2D eigenvalue weighted by Crippen LogP contribution is -2.38. The molecule has 0 heterocycles. The number of hydrogen-bond acceptors (Lipinski definition) is 3. The molecule has 0 saturated heterocycles. The number of sulfonamides is 1. The average Bonchev–Trinajstić information content (AvgIpc) is 2.68. The Morgan fingerprint density at radius 3 is 2.12 bits per heavy atom. The van der Waals surface area contributed by atoms with Gasteiger partial charge in [0.1, 0.15) is 0 Å². The Bertz CT molecular complexity index is 1220. The minimum absolute atomic E-state index is 0.0817. The second-order valence-corrected chi connectivity index (χ2v) is 10.4. The quantitative estimate of drug-likeness (QED) is 0.502. The molecule has 0 aliphatic rings. The number of amides is 1. The molecule has 0 fully saturated rings. The maximum Gasteiger partial charge on any atom is 0.244 e. The molecule has 1 amide bonds. The molecule has 7 heteroatoms. The van der Waals surface area contributed by atoms with Crippen LogP contribution < -0.4 is 5.32 Å². The van der Waals surface area contributed by atoms with Crippen LogP contribution in [0.5, 0.6) is 0 Å². The summed E-state index contributed by atoms with van der Waals surface area (Å²) in [4.78, 5) is 13.1. The molecule has 0 aliphatic heterocycles. The number of halogens is 1. The van der Waals surface area contributed by atoms with Crippen molar-refractivity contribution in [3.05, 3.63) is 93.5 Å². The minimum atomic E-state index is -3.94. The first-order valence-corrected chi connectivity index (χ1v) is 12.1. The normalized spacial score (nSPS) is 11.6. The molecule has 3 aromatic rings. The lowest BCUT2D eigenvalue weighted by molar-refractivity contribution is -0.116. The summed E-state index contributed by atoms with van der Waals surface area (Å²) in [5.41, 5.74) is 4.70. The van der Waals surface area contributed by atoms with Crippen molar-refractivity contribution in [1.82, 2.24) is 4.31 Å². The predicted molar refractivity (Wildman–Crippen MR) is 130 cm³/mol. The predicted octanol–water partition coefficient (Wildman–Crippen LogP) is 5.40. The molecular formula is C25H27ClN2O3S. The van der Waals surface area contributed by atoms with Crippen LogP contribution in [0.15, 0.2) is 65.6 Å². The molecule has 32 heavy (non-hydrogen) atoms. The van der Waals surface area contributed by atoms with Crippen molar-refractivity contribution in [2.24, 2.45) is 0 Å². The molecule has 3 aromatic carbocycles. The average molecular weight is 471 g/mol. The molecular weight excluding hydrogens is 444 g/mol. The molecule has 1 N–H and O–H groups in total. The Morgan fingerprint density at radius 2 is 1.53 bits per heavy atom. The number of rotatable bonds is 7. The lowest BCUT2D eigenvalue weighted by atomic mass is 10.1. The summed E-state index contributed by atoms with van der Waals surface area (Å²) < 4.78 is 28.7. The van der Waals surface area contributed by atoms with E-state index in [9.17, 15) is 13.2 Å². The van der Waals surface area contributed by atoms with Gasteiger partial charge < -0.3 is 5.32 Å². The zero-order chi connectivity index (χ0) is 23.5. The fraction of sp³-hybridized carbons (Fsp3) is 0.240. The van der Waals surface area contributed by atoms with Gasteiger partial charge in [-0.3, -0.25) is 4.79 Å². The van der Waals surface area contributed by atoms with Crippen molar-refractivity contribution in [2.45, 2.75) is 39.1 Å². The van der Waals surface area contributed by atoms with Crippen LogP contribution in [0.3, 0.4) is 0 Å². The molecule has 3 rings (SSSR count). The summed E-state index contributed by atoms with van der Waals surface area (Å²) in [5.74, 6) is -0.439. The monoisotopic (exact) mass is 470 g/mol. The fourth-order valence-electron chi connectivity index (χ4n) is 3.75. The number of benzene rings is 3. The highest BCUT2D eigenvalue weighted by Crippen LogP contribution is 2.27. The number of nitrogens with one attached hydrogen (secondary N) is 1. The largest absolute Gasteiger partial charge is 0.325 e. The van der Waals surface area contributed by atoms with E-state index in [0.29, 0.717) is 21.8 Å². The highest BCUT2D eigenvalue weighted by molar-refractivity contribution is 7.89. The number of carbonyl (C=O) groups excluding carboxylic acids is 1. The van der Waals surface area contributed by atoms with E-state index in [1.54, 1.807) is 38.1 Å². The summed E-state index contributed by atoms with van der Waals surface area (Å²) in [6.45, 7) is 7.22. The van der Waals surface area contributed by atoms with Gasteiger partial charge in [0.2, 0.25) is 15.9 Å². The van der Waals surface area contributed by atoms with E-state index in [-0.39, 0.29) is 18.0 Å². The fourth-order valence-corrected chi connectivity index (χ4v) is 5.74. The summed E-state index contributed by atoms with van der Waals surface area (Å²) in [5, 5.41) is 3.22. The van der Waals surface area contributed by atoms with Gasteiger partial charge in [0.15, 0.2) is 0 Å². The standard InChI is InChI=1S/C25H27ClN2O3S/c1-17-8-10-21(11-9-17)15-28(16-24(29)27-23-7-5-6-22(26)14-23)32(30,31)25-19(3)12-18(2)13-20(25)4/h5-14H,15-16H2,1-4H3,(H,27,29). The van der Waals surface area contributed by atoms with Crippen LogP contribution >= 0.6 is 11.6 Å². The third-order valence-corrected chi connectivity index (χ3v) is 7.44. The van der Waals surface area contributed by atoms with Crippen LogP contribution in [0.2, 0.25) is 5.02 Å². The van der Waals surface area contributed by atoms with Gasteiger partial charge in [-0.2, -0.15) is 4.31 Å². The first kappa shape index (κ1) is 24.0. The van der Waals surface area contributed by atoms with E-state index in [4.69, 9.17) is 11.6 Å². The molecule has 0 atom stereocenters. The van der Waals surface area contributed by atoms with Gasteiger partial charge in [0.25, 0.3) is 0 Å². The minimum Gasteiger partial charge on any atom is -0.325 e. The maximum atomic E-state index is 13.7. The van der Waals surface area contributed by atoms with Gasteiger partial charge in [-0.05, 0) is 62.6 Å². The van der Waals surface area contributed by atoms with Crippen molar-refractivity contribution in [2.75, 3.05) is 11.9 Å². The van der Waals surface area contributed by atoms with Crippen molar-refractivity contribution < 1.29 is 13.2 Å². The van der Waals surface area contributed by atoms with Gasteiger partial charge in [0.05, 0.1) is 11.4 Å². The zero-order valence-electron chi connectivity index (χ0n) is 18.6. The van der Waals surface area contributed by atoms with Gasteiger partial charge in [-0.25, -0.2) is 8.42 Å². The highest BCUT2D eigenvalue weighted by atomic mass is 35.5. The summed E-state index contributed by atoms with van der Waals surface area (Å²) in [7, 11) is -3.94. The third kappa shape index (κ3) is 5.76. The van der Waals surface area contributed by atoms with Crippen LogP contribution in [0.25, 0.3) is 0 Å². The van der Waals surface area contributed by atoms with Crippen LogP contribution in [-0.2, 0) is 21.4 Å². The second-order valence-electron chi connectivity index (χ2n) is 8.05. The molecule has 0 bridgehead atoms. The molecule has 0 radical (unpaired) electrons. The number of carbonyl (C=O) groups is 1. The Labute approximate surface area is 195 Å². The van der Waals surface area contributed by atoms with E-state index in [1.807, 2.05) is 50.2 Å². The highest BCUT2D eigenvalue weighted by Gasteiger charge is 2.30.